The molecule has 318 valence electrons. The Morgan fingerprint density at radius 1 is 0.967 bits per heavy atom. The van der Waals surface area contributed by atoms with Crippen molar-refractivity contribution in [3.8, 4) is 0 Å². The van der Waals surface area contributed by atoms with Crippen LogP contribution in [0.1, 0.15) is 74.5 Å². The largest absolute Gasteiger partial charge is 0.444 e. The number of ether oxygens (including phenoxy) is 2. The van der Waals surface area contributed by atoms with Gasteiger partial charge in [0.05, 0.1) is 34.8 Å². The number of rotatable bonds is 13. The van der Waals surface area contributed by atoms with Crippen LogP contribution in [0.2, 0.25) is 5.02 Å². The van der Waals surface area contributed by atoms with Crippen LogP contribution >= 0.6 is 27.5 Å². The number of Topliss-reactive ketones (excluding diaryl/α,β-unsaturated/α-hetero) is 1. The molecule has 1 aliphatic heterocycles. The molecule has 0 spiro atoms. The summed E-state index contributed by atoms with van der Waals surface area (Å²) in [6.45, 7) is 5.61. The van der Waals surface area contributed by atoms with E-state index in [4.69, 9.17) is 21.1 Å². The van der Waals surface area contributed by atoms with Gasteiger partial charge in [-0.1, -0.05) is 35.9 Å². The molecule has 19 heteroatoms. The number of nitrogens with zero attached hydrogens (tertiary/aromatic N) is 5. The molecule has 60 heavy (non-hydrogen) atoms. The molecule has 3 heterocycles. The van der Waals surface area contributed by atoms with Crippen LogP contribution in [-0.2, 0) is 33.7 Å². The second-order valence-electron chi connectivity index (χ2n) is 15.6. The quantitative estimate of drug-likeness (QED) is 0.122. The number of likely N-dealkylation sites (tertiary alicyclic amines) is 1. The molecule has 6 rings (SSSR count). The summed E-state index contributed by atoms with van der Waals surface area (Å²) in [5.74, 6) is -0.798. The van der Waals surface area contributed by atoms with Gasteiger partial charge in [0.15, 0.2) is 17.3 Å². The summed E-state index contributed by atoms with van der Waals surface area (Å²) in [6.07, 6.45) is 4.87. The lowest BCUT2D eigenvalue weighted by molar-refractivity contribution is -0.122. The molecule has 1 aliphatic carbocycles. The van der Waals surface area contributed by atoms with Crippen molar-refractivity contribution in [2.75, 3.05) is 25.0 Å². The lowest BCUT2D eigenvalue weighted by Crippen LogP contribution is -2.55. The molecule has 17 nitrogen and oxygen atoms in total. The maximum atomic E-state index is 13.5. The Labute approximate surface area is 359 Å². The highest BCUT2D eigenvalue weighted by Crippen LogP contribution is 2.28. The molecule has 2 aromatic heterocycles. The van der Waals surface area contributed by atoms with Crippen molar-refractivity contribution in [3.05, 3.63) is 91.8 Å². The molecular weight excluding hydrogens is 862 g/mol. The highest BCUT2D eigenvalue weighted by Gasteiger charge is 2.40. The normalized spacial score (nSPS) is 16.4. The van der Waals surface area contributed by atoms with Crippen LogP contribution in [0.5, 0.6) is 0 Å². The molecule has 0 saturated carbocycles. The Balaban J connectivity index is 0.972. The van der Waals surface area contributed by atoms with Crippen LogP contribution < -0.4 is 26.8 Å². The van der Waals surface area contributed by atoms with Gasteiger partial charge < -0.3 is 30.3 Å². The van der Waals surface area contributed by atoms with Gasteiger partial charge in [0.1, 0.15) is 11.7 Å². The fraction of sp³-hybridized carbons (Fsp3) is 0.439. The average molecular weight is 909 g/mol. The summed E-state index contributed by atoms with van der Waals surface area (Å²) in [7, 11) is 0. The SMILES string of the molecule is CC(C)(C)OC(=O)N1CCC[C@H](OC(=O)NCCCCNC(=O)Nc2nccnc2C(=O)NC2Cc3ccccc3C2)[C@H]1CC(=O)Cn1cnc2cc(Br)c(Cl)cc2c1=O. The van der Waals surface area contributed by atoms with Crippen LogP contribution in [-0.4, -0.2) is 97.7 Å². The van der Waals surface area contributed by atoms with Gasteiger partial charge in [-0.25, -0.2) is 29.3 Å². The minimum atomic E-state index is -0.857. The number of nitrogens with one attached hydrogen (secondary N) is 4. The summed E-state index contributed by atoms with van der Waals surface area (Å²) in [4.78, 5) is 92.9. The van der Waals surface area contributed by atoms with Gasteiger partial charge in [0.2, 0.25) is 0 Å². The van der Waals surface area contributed by atoms with Crippen molar-refractivity contribution in [2.24, 2.45) is 0 Å². The molecule has 4 aromatic rings. The number of urea groups is 1. The van der Waals surface area contributed by atoms with Gasteiger partial charge in [-0.2, -0.15) is 0 Å². The molecule has 2 atom stereocenters. The Morgan fingerprint density at radius 2 is 1.67 bits per heavy atom. The van der Waals surface area contributed by atoms with Crippen LogP contribution in [0.3, 0.4) is 0 Å². The minimum Gasteiger partial charge on any atom is -0.444 e. The topological polar surface area (TPSA) is 216 Å². The Bertz CT molecular complexity index is 2290. The van der Waals surface area contributed by atoms with Gasteiger partial charge in [-0.05, 0) is 98.5 Å². The van der Waals surface area contributed by atoms with E-state index < -0.39 is 47.4 Å². The Morgan fingerprint density at radius 3 is 2.38 bits per heavy atom. The summed E-state index contributed by atoms with van der Waals surface area (Å²) in [5, 5.41) is 11.6. The van der Waals surface area contributed by atoms with Crippen LogP contribution in [0.25, 0.3) is 10.9 Å². The number of halogens is 2. The third-order valence-corrected chi connectivity index (χ3v) is 11.1. The number of aromatic nitrogens is 4. The predicted molar refractivity (Wildman–Crippen MR) is 226 cm³/mol. The third-order valence-electron chi connectivity index (χ3n) is 9.94. The van der Waals surface area contributed by atoms with Crippen molar-refractivity contribution < 1.29 is 33.4 Å². The first kappa shape index (κ1) is 43.9. The van der Waals surface area contributed by atoms with E-state index in [-0.39, 0.29) is 61.3 Å². The number of carbonyl (C=O) groups is 5. The highest BCUT2D eigenvalue weighted by molar-refractivity contribution is 9.10. The second kappa shape index (κ2) is 19.6. The first-order chi connectivity index (χ1) is 28.6. The van der Waals surface area contributed by atoms with Crippen molar-refractivity contribution in [1.82, 2.24) is 40.4 Å². The second-order valence-corrected chi connectivity index (χ2v) is 16.9. The Kier molecular flexibility index (Phi) is 14.4. The van der Waals surface area contributed by atoms with E-state index in [1.807, 2.05) is 24.3 Å². The van der Waals surface area contributed by atoms with Crippen LogP contribution in [0.15, 0.2) is 64.4 Å². The standard InChI is InChI=1S/C41H47BrClN9O8/c1-41(2,3)60-40(58)52-16-8-11-33(32(52)19-27(53)22-51-23-48-31-21-29(42)30(43)20-28(31)37(51)55)59-39(57)47-13-7-6-12-46-38(56)50-35-34(44-14-15-45-35)36(54)49-26-17-24-9-4-5-10-25(24)18-26/h4-5,9-10,14-15,20-21,23,26,32-33H,6-8,11-13,16-19,22H2,1-3H3,(H,47,57)(H,49,54)(H2,45,46,50,56)/t32-,33+/m1/s1. The summed E-state index contributed by atoms with van der Waals surface area (Å²) in [5.41, 5.74) is 1.52. The van der Waals surface area contributed by atoms with E-state index in [0.717, 1.165) is 0 Å². The lowest BCUT2D eigenvalue weighted by Gasteiger charge is -2.40. The van der Waals surface area contributed by atoms with E-state index in [2.05, 4.69) is 52.1 Å². The van der Waals surface area contributed by atoms with E-state index in [1.54, 1.807) is 26.8 Å². The number of unbranched alkanes of at least 4 members (excludes halogenated alkanes) is 1. The molecule has 2 aromatic carbocycles. The lowest BCUT2D eigenvalue weighted by atomic mass is 9.94. The zero-order chi connectivity index (χ0) is 43.0. The molecule has 1 saturated heterocycles. The zero-order valence-electron chi connectivity index (χ0n) is 33.5. The predicted octanol–water partition coefficient (Wildman–Crippen LogP) is 5.56. The number of benzene rings is 2. The molecule has 5 amide bonds. The number of alkyl carbamates (subject to hydrolysis) is 1. The van der Waals surface area contributed by atoms with Crippen molar-refractivity contribution in [2.45, 2.75) is 96.1 Å². The van der Waals surface area contributed by atoms with Crippen molar-refractivity contribution >= 4 is 74.2 Å². The van der Waals surface area contributed by atoms with Crippen LogP contribution in [0, 0.1) is 0 Å². The zero-order valence-corrected chi connectivity index (χ0v) is 35.8. The van der Waals surface area contributed by atoms with E-state index in [0.29, 0.717) is 53.5 Å². The highest BCUT2D eigenvalue weighted by atomic mass is 79.9. The molecule has 0 bridgehead atoms. The molecule has 4 N–H and O–H groups in total. The summed E-state index contributed by atoms with van der Waals surface area (Å²) < 4.78 is 13.2. The molecular formula is C41H47BrClN9O8. The molecule has 0 radical (unpaired) electrons. The van der Waals surface area contributed by atoms with E-state index in [1.165, 1.54) is 45.4 Å². The third kappa shape index (κ3) is 11.6. The van der Waals surface area contributed by atoms with Crippen molar-refractivity contribution in [1.29, 1.82) is 0 Å². The first-order valence-corrected chi connectivity index (χ1v) is 20.9. The Hall–Kier alpha value is -5.62. The van der Waals surface area contributed by atoms with E-state index in [9.17, 15) is 28.8 Å². The van der Waals surface area contributed by atoms with Gasteiger partial charge in [-0.15, -0.1) is 0 Å². The number of ketones is 1. The fourth-order valence-corrected chi connectivity index (χ4v) is 7.68. The van der Waals surface area contributed by atoms with Crippen molar-refractivity contribution in [3.63, 3.8) is 0 Å². The molecule has 2 aliphatic rings. The number of carbonyl (C=O) groups excluding carboxylic acids is 5. The van der Waals surface area contributed by atoms with E-state index >= 15 is 0 Å². The number of hydrogen-bond acceptors (Lipinski definition) is 11. The van der Waals surface area contributed by atoms with Gasteiger partial charge in [0.25, 0.3) is 11.5 Å². The molecule has 1 fully saturated rings. The smallest absolute Gasteiger partial charge is 0.410 e. The number of piperidine rings is 1. The van der Waals surface area contributed by atoms with Crippen LogP contribution in [0.4, 0.5) is 20.2 Å². The maximum absolute atomic E-state index is 13.5. The summed E-state index contributed by atoms with van der Waals surface area (Å²) >= 11 is 9.53. The monoisotopic (exact) mass is 907 g/mol. The molecule has 0 unspecified atom stereocenters. The fourth-order valence-electron chi connectivity index (χ4n) is 7.19. The number of fused-ring (bicyclic) bond motifs is 2. The first-order valence-electron chi connectivity index (χ1n) is 19.7. The number of amides is 5. The minimum absolute atomic E-state index is 0.00206. The summed E-state index contributed by atoms with van der Waals surface area (Å²) in [6, 6.07) is 9.60. The number of anilines is 1. The van der Waals surface area contributed by atoms with Gasteiger partial charge in [0, 0.05) is 49.0 Å². The van der Waals surface area contributed by atoms with Gasteiger partial charge >= 0.3 is 18.2 Å². The maximum Gasteiger partial charge on any atom is 0.410 e. The average Bonchev–Trinajstić information content (AvgIpc) is 3.60. The van der Waals surface area contributed by atoms with Gasteiger partial charge in [-0.3, -0.25) is 24.3 Å². The number of hydrogen-bond donors (Lipinski definition) is 4.